The third-order valence-electron chi connectivity index (χ3n) is 11.4. The lowest BCUT2D eigenvalue weighted by Crippen LogP contribution is -2.59. The topological polar surface area (TPSA) is 35.6 Å². The van der Waals surface area contributed by atoms with E-state index >= 15 is 0 Å². The SMILES string of the molecule is [2H]C([2H])([2H])c1nc2cc(-c3c(C)cccc3C)cc3c2n1-c1cc(-c2c(C)cccc2C)cc2c1B3c1cc(-c3c(C)cccc3C)cc3nc(C([2H])([2H])[2H])n-2c13. The zero-order chi connectivity index (χ0) is 40.0. The van der Waals surface area contributed by atoms with Crippen LogP contribution in [0.3, 0.4) is 0 Å². The van der Waals surface area contributed by atoms with E-state index in [0.717, 1.165) is 94.2 Å². The molecule has 2 aliphatic rings. The van der Waals surface area contributed by atoms with E-state index < -0.39 is 20.4 Å². The van der Waals surface area contributed by atoms with Crippen LogP contribution in [-0.4, -0.2) is 25.8 Å². The van der Waals surface area contributed by atoms with Crippen LogP contribution in [0.4, 0.5) is 0 Å². The summed E-state index contributed by atoms with van der Waals surface area (Å²) in [6.45, 7) is 7.01. The molecule has 6 aromatic carbocycles. The molecule has 10 rings (SSSR count). The van der Waals surface area contributed by atoms with Crippen LogP contribution < -0.4 is 16.4 Å². The van der Waals surface area contributed by atoms with Gasteiger partial charge >= 0.3 is 0 Å². The van der Waals surface area contributed by atoms with Crippen molar-refractivity contribution in [3.8, 4) is 44.8 Å². The molecular weight excluding hydrogens is 619 g/mol. The van der Waals surface area contributed by atoms with E-state index in [2.05, 4.69) is 114 Å². The minimum absolute atomic E-state index is 0.0291. The molecule has 4 nitrogen and oxygen atoms in total. The number of benzene rings is 6. The van der Waals surface area contributed by atoms with Gasteiger partial charge in [-0.25, -0.2) is 9.97 Å². The van der Waals surface area contributed by atoms with Gasteiger partial charge < -0.3 is 0 Å². The van der Waals surface area contributed by atoms with Crippen molar-refractivity contribution in [3.05, 3.63) is 136 Å². The molecule has 0 aliphatic carbocycles. The largest absolute Gasteiger partial charge is 0.297 e. The average molecular weight is 665 g/mol. The molecule has 5 heteroatoms. The fourth-order valence-electron chi connectivity index (χ4n) is 9.40. The Morgan fingerprint density at radius 3 is 1.20 bits per heavy atom. The fraction of sp³-hybridized carbons (Fsp3) is 0.174. The summed E-state index contributed by atoms with van der Waals surface area (Å²) in [5.41, 5.74) is 19.2. The Morgan fingerprint density at radius 1 is 0.490 bits per heavy atom. The molecule has 4 heterocycles. The summed E-state index contributed by atoms with van der Waals surface area (Å²) in [5, 5.41) is 0. The minimum Gasteiger partial charge on any atom is -0.297 e. The molecule has 0 amide bonds. The Morgan fingerprint density at radius 2 is 0.843 bits per heavy atom. The third kappa shape index (κ3) is 4.03. The summed E-state index contributed by atoms with van der Waals surface area (Å²) in [6, 6.07) is 31.3. The predicted octanol–water partition coefficient (Wildman–Crippen LogP) is 8.98. The van der Waals surface area contributed by atoms with Gasteiger partial charge in [-0.1, -0.05) is 66.7 Å². The first-order valence-corrected chi connectivity index (χ1v) is 17.5. The summed E-state index contributed by atoms with van der Waals surface area (Å²) in [6.07, 6.45) is 0. The highest BCUT2D eigenvalue weighted by atomic mass is 15.1. The second-order valence-corrected chi connectivity index (χ2v) is 14.6. The van der Waals surface area contributed by atoms with Crippen LogP contribution in [0.15, 0.2) is 91.0 Å². The first-order chi connectivity index (χ1) is 27.0. The number of hydrogen-bond acceptors (Lipinski definition) is 2. The van der Waals surface area contributed by atoms with E-state index in [1.54, 1.807) is 0 Å². The van der Waals surface area contributed by atoms with Crippen LogP contribution in [0.2, 0.25) is 0 Å². The zero-order valence-electron chi connectivity index (χ0n) is 35.5. The number of hydrogen-bond donors (Lipinski definition) is 0. The van der Waals surface area contributed by atoms with Gasteiger partial charge in [-0.3, -0.25) is 9.13 Å². The molecule has 0 saturated heterocycles. The van der Waals surface area contributed by atoms with Gasteiger partial charge in [-0.2, -0.15) is 0 Å². The molecule has 0 atom stereocenters. The van der Waals surface area contributed by atoms with E-state index in [1.807, 2.05) is 27.3 Å². The molecule has 0 bridgehead atoms. The molecule has 2 aliphatic heterocycles. The Balaban J connectivity index is 1.44. The molecule has 2 aromatic heterocycles. The molecule has 0 unspecified atom stereocenters. The van der Waals surface area contributed by atoms with Crippen LogP contribution in [0.25, 0.3) is 66.8 Å². The van der Waals surface area contributed by atoms with Crippen molar-refractivity contribution >= 4 is 45.2 Å². The van der Waals surface area contributed by atoms with Gasteiger partial charge in [-0.05, 0) is 163 Å². The summed E-state index contributed by atoms with van der Waals surface area (Å²) >= 11 is 0. The van der Waals surface area contributed by atoms with Crippen molar-refractivity contribution in [3.63, 3.8) is 0 Å². The van der Waals surface area contributed by atoms with Crippen molar-refractivity contribution in [2.75, 3.05) is 0 Å². The Bertz CT molecular complexity index is 2840. The van der Waals surface area contributed by atoms with E-state index in [4.69, 9.17) is 18.2 Å². The molecule has 8 aromatic rings. The molecule has 0 radical (unpaired) electrons. The average Bonchev–Trinajstić information content (AvgIpc) is 3.72. The lowest BCUT2D eigenvalue weighted by Gasteiger charge is -2.34. The Kier molecular flexibility index (Phi) is 5.00. The maximum absolute atomic E-state index is 8.85. The lowest BCUT2D eigenvalue weighted by atomic mass is 9.34. The van der Waals surface area contributed by atoms with E-state index in [1.165, 1.54) is 0 Å². The van der Waals surface area contributed by atoms with Gasteiger partial charge in [0, 0.05) is 19.6 Å². The second-order valence-electron chi connectivity index (χ2n) is 14.6. The number of aromatic nitrogens is 4. The predicted molar refractivity (Wildman–Crippen MR) is 215 cm³/mol. The number of aryl methyl sites for hydroxylation is 8. The monoisotopic (exact) mass is 664 g/mol. The first kappa shape index (κ1) is 24.5. The van der Waals surface area contributed by atoms with Crippen molar-refractivity contribution in [1.82, 2.24) is 19.1 Å². The molecule has 0 N–H and O–H groups in total. The highest BCUT2D eigenvalue weighted by Crippen LogP contribution is 2.39. The number of nitrogens with zero attached hydrogens (tertiary/aromatic N) is 4. The maximum atomic E-state index is 8.85. The molecule has 51 heavy (non-hydrogen) atoms. The molecule has 0 fully saturated rings. The van der Waals surface area contributed by atoms with Crippen LogP contribution in [-0.2, 0) is 0 Å². The molecule has 0 spiro atoms. The van der Waals surface area contributed by atoms with Gasteiger partial charge in [0.1, 0.15) is 11.6 Å². The van der Waals surface area contributed by atoms with Gasteiger partial charge in [0.05, 0.1) is 22.1 Å². The number of imidazole rings is 2. The zero-order valence-corrected chi connectivity index (χ0v) is 29.5. The van der Waals surface area contributed by atoms with Crippen molar-refractivity contribution in [1.29, 1.82) is 0 Å². The summed E-state index contributed by atoms with van der Waals surface area (Å²) in [5.74, 6) is -0.0581. The third-order valence-corrected chi connectivity index (χ3v) is 11.4. The fourth-order valence-corrected chi connectivity index (χ4v) is 9.40. The Hall–Kier alpha value is -5.68. The van der Waals surface area contributed by atoms with Crippen LogP contribution >= 0.6 is 0 Å². The van der Waals surface area contributed by atoms with Gasteiger partial charge in [-0.15, -0.1) is 0 Å². The number of fused-ring (bicyclic) bond motifs is 4. The second kappa shape index (κ2) is 10.4. The van der Waals surface area contributed by atoms with Crippen molar-refractivity contribution in [2.45, 2.75) is 55.2 Å². The van der Waals surface area contributed by atoms with E-state index in [9.17, 15) is 0 Å². The summed E-state index contributed by atoms with van der Waals surface area (Å²) in [7, 11) is 0. The lowest BCUT2D eigenvalue weighted by molar-refractivity contribution is 0.981. The van der Waals surface area contributed by atoms with Crippen molar-refractivity contribution < 1.29 is 8.22 Å². The van der Waals surface area contributed by atoms with Gasteiger partial charge in [0.15, 0.2) is 0 Å². The maximum Gasteiger partial charge on any atom is 0.252 e. The van der Waals surface area contributed by atoms with Gasteiger partial charge in [0.2, 0.25) is 0 Å². The first-order valence-electron chi connectivity index (χ1n) is 20.5. The summed E-state index contributed by atoms with van der Waals surface area (Å²) < 4.78 is 56.7. The quantitative estimate of drug-likeness (QED) is 0.177. The van der Waals surface area contributed by atoms with E-state index in [0.29, 0.717) is 22.4 Å². The standard InChI is InChI=1S/C46H39BN4/c1-24-12-9-13-25(2)41(24)32-18-35-45-37(20-32)48-30(7)50(45)39-22-34(43-28(5)16-11-17-29(43)6)23-40-44(39)47(35)36-19-33(42-26(3)14-10-15-27(42)4)21-38-46(36)51(40)31(8)49-38/h9-23H,1-8H3/i7D3,8D3. The highest BCUT2D eigenvalue weighted by molar-refractivity contribution is 7.00. The van der Waals surface area contributed by atoms with Crippen LogP contribution in [0.5, 0.6) is 0 Å². The van der Waals surface area contributed by atoms with Crippen molar-refractivity contribution in [2.24, 2.45) is 0 Å². The minimum atomic E-state index is -2.56. The Labute approximate surface area is 308 Å². The van der Waals surface area contributed by atoms with Crippen LogP contribution in [0, 0.1) is 55.2 Å². The van der Waals surface area contributed by atoms with Crippen LogP contribution in [0.1, 0.15) is 53.3 Å². The highest BCUT2D eigenvalue weighted by Gasteiger charge is 2.42. The molecular formula is C46H39BN4. The summed E-state index contributed by atoms with van der Waals surface area (Å²) in [4.78, 5) is 9.96. The van der Waals surface area contributed by atoms with Gasteiger partial charge in [0.25, 0.3) is 6.71 Å². The molecule has 246 valence electrons. The number of rotatable bonds is 3. The normalized spacial score (nSPS) is 14.9. The smallest absolute Gasteiger partial charge is 0.252 e. The van der Waals surface area contributed by atoms with E-state index in [-0.39, 0.29) is 11.6 Å². The molecule has 0 saturated carbocycles.